The Morgan fingerprint density at radius 3 is 2.19 bits per heavy atom. The van der Waals surface area contributed by atoms with E-state index in [-0.39, 0.29) is 0 Å². The molecule has 0 spiro atoms. The van der Waals surface area contributed by atoms with Gasteiger partial charge in [-0.05, 0) is 48.5 Å². The lowest BCUT2D eigenvalue weighted by molar-refractivity contribution is 0.893. The van der Waals surface area contributed by atoms with Gasteiger partial charge in [-0.25, -0.2) is 9.67 Å². The average molecular weight is 381 g/mol. The van der Waals surface area contributed by atoms with Gasteiger partial charge in [-0.1, -0.05) is 23.2 Å². The minimum absolute atomic E-state index is 0.672. The van der Waals surface area contributed by atoms with Gasteiger partial charge < -0.3 is 0 Å². The van der Waals surface area contributed by atoms with Crippen LogP contribution in [0.1, 0.15) is 0 Å². The van der Waals surface area contributed by atoms with Crippen LogP contribution in [-0.4, -0.2) is 29.4 Å². The van der Waals surface area contributed by atoms with Gasteiger partial charge in [-0.3, -0.25) is 4.40 Å². The van der Waals surface area contributed by atoms with E-state index in [1.54, 1.807) is 17.2 Å². The molecule has 5 rings (SSSR count). The number of hydrogen-bond donors (Lipinski definition) is 0. The van der Waals surface area contributed by atoms with Gasteiger partial charge >= 0.3 is 0 Å². The first-order valence-corrected chi connectivity index (χ1v) is 8.56. The van der Waals surface area contributed by atoms with Gasteiger partial charge in [0.25, 0.3) is 0 Å². The topological polar surface area (TPSA) is 60.9 Å². The Bertz CT molecular complexity index is 1140. The summed E-state index contributed by atoms with van der Waals surface area (Å²) in [6.45, 7) is 0. The third kappa shape index (κ3) is 2.34. The van der Waals surface area contributed by atoms with Crippen LogP contribution < -0.4 is 0 Å². The van der Waals surface area contributed by atoms with Crippen molar-refractivity contribution < 1.29 is 0 Å². The maximum absolute atomic E-state index is 5.97. The first-order chi connectivity index (χ1) is 12.7. The van der Waals surface area contributed by atoms with E-state index < -0.39 is 0 Å². The van der Waals surface area contributed by atoms with Crippen molar-refractivity contribution in [2.24, 2.45) is 0 Å². The molecule has 0 saturated carbocycles. The number of rotatable bonds is 2. The van der Waals surface area contributed by atoms with Crippen LogP contribution in [0, 0.1) is 0 Å². The molecule has 0 N–H and O–H groups in total. The first kappa shape index (κ1) is 15.3. The predicted octanol–water partition coefficient (Wildman–Crippen LogP) is 4.44. The molecule has 6 nitrogen and oxygen atoms in total. The second-order valence-electron chi connectivity index (χ2n) is 5.74. The van der Waals surface area contributed by atoms with Gasteiger partial charge in [-0.2, -0.15) is 5.10 Å². The Morgan fingerprint density at radius 1 is 0.769 bits per heavy atom. The summed E-state index contributed by atoms with van der Waals surface area (Å²) in [6, 6.07) is 14.9. The molecule has 126 valence electrons. The van der Waals surface area contributed by atoms with Crippen LogP contribution in [0.5, 0.6) is 0 Å². The van der Waals surface area contributed by atoms with Crippen molar-refractivity contribution in [3.63, 3.8) is 0 Å². The quantitative estimate of drug-likeness (QED) is 0.454. The van der Waals surface area contributed by atoms with Gasteiger partial charge in [0, 0.05) is 15.6 Å². The maximum atomic E-state index is 5.97. The van der Waals surface area contributed by atoms with Crippen LogP contribution in [0.3, 0.4) is 0 Å². The highest BCUT2D eigenvalue weighted by molar-refractivity contribution is 6.30. The Balaban J connectivity index is 1.70. The summed E-state index contributed by atoms with van der Waals surface area (Å²) < 4.78 is 3.60. The molecule has 8 heteroatoms. The SMILES string of the molecule is Clc1ccc(-c2nnc3c4cnn(-c5ccc(Cl)cc5)c4ncn23)cc1. The van der Waals surface area contributed by atoms with Crippen molar-refractivity contribution in [2.75, 3.05) is 0 Å². The molecule has 0 saturated heterocycles. The van der Waals surface area contributed by atoms with Crippen molar-refractivity contribution in [1.29, 1.82) is 0 Å². The van der Waals surface area contributed by atoms with Crippen LogP contribution in [0.4, 0.5) is 0 Å². The Morgan fingerprint density at radius 2 is 1.46 bits per heavy atom. The summed E-state index contributed by atoms with van der Waals surface area (Å²) in [6.07, 6.45) is 3.45. The summed E-state index contributed by atoms with van der Waals surface area (Å²) in [5.74, 6) is 0.699. The van der Waals surface area contributed by atoms with Crippen LogP contribution in [0.2, 0.25) is 10.0 Å². The zero-order chi connectivity index (χ0) is 17.7. The molecule has 0 aliphatic carbocycles. The number of nitrogens with zero attached hydrogens (tertiary/aromatic N) is 6. The second-order valence-corrected chi connectivity index (χ2v) is 6.61. The van der Waals surface area contributed by atoms with E-state index in [0.29, 0.717) is 27.2 Å². The second kappa shape index (κ2) is 5.79. The molecule has 0 aliphatic heterocycles. The molecule has 0 radical (unpaired) electrons. The average Bonchev–Trinajstić information content (AvgIpc) is 3.27. The number of halogens is 2. The van der Waals surface area contributed by atoms with E-state index in [1.165, 1.54) is 0 Å². The molecular weight excluding hydrogens is 371 g/mol. The number of benzene rings is 2. The highest BCUT2D eigenvalue weighted by Crippen LogP contribution is 2.25. The molecule has 0 bridgehead atoms. The largest absolute Gasteiger partial charge is 0.265 e. The summed E-state index contributed by atoms with van der Waals surface area (Å²) in [5.41, 5.74) is 3.18. The third-order valence-electron chi connectivity index (χ3n) is 4.15. The Hall–Kier alpha value is -2.96. The zero-order valence-electron chi connectivity index (χ0n) is 13.2. The Labute approximate surface area is 157 Å². The van der Waals surface area contributed by atoms with Gasteiger partial charge in [0.05, 0.1) is 17.3 Å². The summed E-state index contributed by atoms with van der Waals surface area (Å²) >= 11 is 11.9. The molecule has 3 aromatic heterocycles. The number of aromatic nitrogens is 6. The van der Waals surface area contributed by atoms with Crippen LogP contribution in [-0.2, 0) is 0 Å². The minimum atomic E-state index is 0.672. The monoisotopic (exact) mass is 380 g/mol. The normalized spacial score (nSPS) is 11.5. The van der Waals surface area contributed by atoms with E-state index >= 15 is 0 Å². The van der Waals surface area contributed by atoms with Gasteiger partial charge in [0.15, 0.2) is 17.1 Å². The van der Waals surface area contributed by atoms with Gasteiger partial charge in [0.1, 0.15) is 6.33 Å². The van der Waals surface area contributed by atoms with E-state index in [1.807, 2.05) is 52.9 Å². The smallest absolute Gasteiger partial charge is 0.175 e. The van der Waals surface area contributed by atoms with Crippen LogP contribution >= 0.6 is 23.2 Å². The highest BCUT2D eigenvalue weighted by atomic mass is 35.5. The summed E-state index contributed by atoms with van der Waals surface area (Å²) in [5, 5.41) is 15.3. The van der Waals surface area contributed by atoms with Crippen LogP contribution in [0.15, 0.2) is 61.1 Å². The fourth-order valence-electron chi connectivity index (χ4n) is 2.89. The first-order valence-electron chi connectivity index (χ1n) is 7.80. The lowest BCUT2D eigenvalue weighted by Crippen LogP contribution is -1.98. The molecule has 0 fully saturated rings. The molecule has 0 amide bonds. The van der Waals surface area contributed by atoms with E-state index in [2.05, 4.69) is 20.3 Å². The van der Waals surface area contributed by atoms with Gasteiger partial charge in [0.2, 0.25) is 0 Å². The molecule has 0 aliphatic rings. The third-order valence-corrected chi connectivity index (χ3v) is 4.65. The van der Waals surface area contributed by atoms with Crippen molar-refractivity contribution in [3.8, 4) is 17.1 Å². The lowest BCUT2D eigenvalue weighted by Gasteiger charge is -2.04. The molecule has 0 unspecified atom stereocenters. The number of hydrogen-bond acceptors (Lipinski definition) is 4. The van der Waals surface area contributed by atoms with Crippen molar-refractivity contribution >= 4 is 39.9 Å². The molecule has 26 heavy (non-hydrogen) atoms. The fourth-order valence-corrected chi connectivity index (χ4v) is 3.14. The lowest BCUT2D eigenvalue weighted by atomic mass is 10.2. The standard InChI is InChI=1S/C18H10Cl2N6/c19-12-3-1-11(2-4-12)16-23-24-18-15-9-22-26(17(15)21-10-25(16)18)14-7-5-13(20)6-8-14/h1-10H. The minimum Gasteiger partial charge on any atom is -0.265 e. The zero-order valence-corrected chi connectivity index (χ0v) is 14.7. The van der Waals surface area contributed by atoms with E-state index in [4.69, 9.17) is 23.2 Å². The summed E-state index contributed by atoms with van der Waals surface area (Å²) in [4.78, 5) is 4.57. The van der Waals surface area contributed by atoms with Crippen molar-refractivity contribution in [1.82, 2.24) is 29.4 Å². The molecule has 0 atom stereocenters. The van der Waals surface area contributed by atoms with E-state index in [9.17, 15) is 0 Å². The maximum Gasteiger partial charge on any atom is 0.175 e. The van der Waals surface area contributed by atoms with Crippen LogP contribution in [0.25, 0.3) is 33.8 Å². The van der Waals surface area contributed by atoms with E-state index in [0.717, 1.165) is 16.6 Å². The highest BCUT2D eigenvalue weighted by Gasteiger charge is 2.15. The molecular formula is C18H10Cl2N6. The number of fused-ring (bicyclic) bond motifs is 3. The molecule has 5 aromatic rings. The van der Waals surface area contributed by atoms with Crippen molar-refractivity contribution in [2.45, 2.75) is 0 Å². The van der Waals surface area contributed by atoms with Crippen molar-refractivity contribution in [3.05, 3.63) is 71.1 Å². The summed E-state index contributed by atoms with van der Waals surface area (Å²) in [7, 11) is 0. The Kier molecular flexibility index (Phi) is 3.41. The predicted molar refractivity (Wildman–Crippen MR) is 101 cm³/mol. The molecule has 2 aromatic carbocycles. The van der Waals surface area contributed by atoms with Gasteiger partial charge in [-0.15, -0.1) is 10.2 Å². The fraction of sp³-hybridized carbons (Fsp3) is 0. The molecule has 3 heterocycles.